The van der Waals surface area contributed by atoms with Crippen molar-refractivity contribution in [1.29, 1.82) is 0 Å². The number of carbonyl (C=O) groups is 2. The minimum atomic E-state index is -3.46. The van der Waals surface area contributed by atoms with Gasteiger partial charge in [-0.05, 0) is 24.6 Å². The molecule has 0 saturated heterocycles. The predicted octanol–water partition coefficient (Wildman–Crippen LogP) is 0.889. The molecule has 0 heterocycles. The zero-order chi connectivity index (χ0) is 13.1. The second kappa shape index (κ2) is 5.09. The highest BCUT2D eigenvalue weighted by Gasteiger charge is 2.14. The van der Waals surface area contributed by atoms with Gasteiger partial charge in [-0.3, -0.25) is 4.79 Å². The summed E-state index contributed by atoms with van der Waals surface area (Å²) in [7, 11) is -3.46. The number of sulfone groups is 1. The van der Waals surface area contributed by atoms with E-state index >= 15 is 0 Å². The first-order valence-corrected chi connectivity index (χ1v) is 6.64. The van der Waals surface area contributed by atoms with E-state index in [0.29, 0.717) is 5.56 Å². The fourth-order valence-electron chi connectivity index (χ4n) is 1.36. The van der Waals surface area contributed by atoms with Gasteiger partial charge in [0.2, 0.25) is 0 Å². The molecule has 0 aliphatic carbocycles. The molecule has 17 heavy (non-hydrogen) atoms. The number of Topliss-reactive ketones (excluding diaryl/α,β-unsaturated/α-hetero) is 1. The summed E-state index contributed by atoms with van der Waals surface area (Å²) in [6.45, 7) is 1.21. The molecule has 6 heteroatoms. The molecule has 0 fully saturated rings. The third-order valence-corrected chi connectivity index (χ3v) is 3.63. The van der Waals surface area contributed by atoms with Crippen molar-refractivity contribution in [3.05, 3.63) is 35.4 Å². The van der Waals surface area contributed by atoms with E-state index in [1.165, 1.54) is 31.2 Å². The van der Waals surface area contributed by atoms with Crippen LogP contribution in [0.1, 0.15) is 22.8 Å². The van der Waals surface area contributed by atoms with Gasteiger partial charge in [-0.25, -0.2) is 13.2 Å². The van der Waals surface area contributed by atoms with Gasteiger partial charge in [-0.15, -0.1) is 0 Å². The fourth-order valence-corrected chi connectivity index (χ4v) is 2.78. The Morgan fingerprint density at radius 1 is 1.18 bits per heavy atom. The van der Waals surface area contributed by atoms with Gasteiger partial charge >= 0.3 is 5.97 Å². The van der Waals surface area contributed by atoms with Gasteiger partial charge in [-0.1, -0.05) is 12.1 Å². The van der Waals surface area contributed by atoms with E-state index in [-0.39, 0.29) is 11.3 Å². The lowest BCUT2D eigenvalue weighted by atomic mass is 10.1. The van der Waals surface area contributed by atoms with Crippen LogP contribution in [0.25, 0.3) is 0 Å². The van der Waals surface area contributed by atoms with Crippen molar-refractivity contribution >= 4 is 21.6 Å². The van der Waals surface area contributed by atoms with Gasteiger partial charge < -0.3 is 5.11 Å². The summed E-state index contributed by atoms with van der Waals surface area (Å²) in [5.74, 6) is -2.23. The maximum absolute atomic E-state index is 11.5. The first-order chi connectivity index (χ1) is 7.80. The Labute approximate surface area is 99.0 Å². The van der Waals surface area contributed by atoms with Crippen LogP contribution in [0.15, 0.2) is 24.3 Å². The molecule has 1 aromatic carbocycles. The lowest BCUT2D eigenvalue weighted by Gasteiger charge is -2.02. The molecule has 5 nitrogen and oxygen atoms in total. The third kappa shape index (κ3) is 4.36. The highest BCUT2D eigenvalue weighted by atomic mass is 32.2. The molecular formula is C11H12O5S. The maximum Gasteiger partial charge on any atom is 0.335 e. The van der Waals surface area contributed by atoms with Crippen molar-refractivity contribution in [2.45, 2.75) is 12.7 Å². The van der Waals surface area contributed by atoms with Crippen LogP contribution >= 0.6 is 0 Å². The number of hydrogen-bond donors (Lipinski definition) is 1. The van der Waals surface area contributed by atoms with E-state index in [0.717, 1.165) is 0 Å². The van der Waals surface area contributed by atoms with Crippen LogP contribution in [0.5, 0.6) is 0 Å². The Bertz CT molecular complexity index is 527. The van der Waals surface area contributed by atoms with Crippen LogP contribution in [-0.2, 0) is 20.4 Å². The summed E-state index contributed by atoms with van der Waals surface area (Å²) in [6, 6.07) is 5.53. The average Bonchev–Trinajstić information content (AvgIpc) is 2.15. The normalized spacial score (nSPS) is 11.1. The molecular weight excluding hydrogens is 244 g/mol. The highest BCUT2D eigenvalue weighted by molar-refractivity contribution is 7.91. The lowest BCUT2D eigenvalue weighted by Crippen LogP contribution is -2.15. The van der Waals surface area contributed by atoms with Gasteiger partial charge in [0.25, 0.3) is 0 Å². The summed E-state index contributed by atoms with van der Waals surface area (Å²) in [4.78, 5) is 21.3. The van der Waals surface area contributed by atoms with Crippen LogP contribution in [0.4, 0.5) is 0 Å². The van der Waals surface area contributed by atoms with Crippen molar-refractivity contribution in [1.82, 2.24) is 0 Å². The number of hydrogen-bond acceptors (Lipinski definition) is 4. The van der Waals surface area contributed by atoms with Gasteiger partial charge in [0.05, 0.1) is 11.3 Å². The average molecular weight is 256 g/mol. The zero-order valence-corrected chi connectivity index (χ0v) is 10.0. The van der Waals surface area contributed by atoms with Crippen molar-refractivity contribution in [2.75, 3.05) is 5.75 Å². The molecule has 0 aromatic heterocycles. The molecule has 0 spiro atoms. The Morgan fingerprint density at radius 3 is 2.12 bits per heavy atom. The largest absolute Gasteiger partial charge is 0.478 e. The van der Waals surface area contributed by atoms with Crippen LogP contribution in [-0.4, -0.2) is 31.0 Å². The molecule has 0 bridgehead atoms. The van der Waals surface area contributed by atoms with E-state index in [1.807, 2.05) is 0 Å². The van der Waals surface area contributed by atoms with Crippen molar-refractivity contribution in [3.8, 4) is 0 Å². The number of carboxylic acid groups (broad SMARTS) is 1. The minimum absolute atomic E-state index is 0.0951. The molecule has 1 N–H and O–H groups in total. The molecule has 1 rings (SSSR count). The summed E-state index contributed by atoms with van der Waals surface area (Å²) in [6.07, 6.45) is 0. The molecule has 0 aliphatic rings. The number of carboxylic acids is 1. The molecule has 1 aromatic rings. The Kier molecular flexibility index (Phi) is 4.01. The standard InChI is InChI=1S/C11H12O5S/c1-8(12)6-17(15,16)7-9-2-4-10(5-3-9)11(13)14/h2-5H,6-7H2,1H3,(H,13,14). The van der Waals surface area contributed by atoms with Crippen LogP contribution < -0.4 is 0 Å². The maximum atomic E-state index is 11.5. The van der Waals surface area contributed by atoms with E-state index in [1.54, 1.807) is 0 Å². The lowest BCUT2D eigenvalue weighted by molar-refractivity contribution is -0.114. The molecule has 0 amide bonds. The Hall–Kier alpha value is -1.69. The number of rotatable bonds is 5. The van der Waals surface area contributed by atoms with Gasteiger partial charge in [-0.2, -0.15) is 0 Å². The predicted molar refractivity (Wildman–Crippen MR) is 61.6 cm³/mol. The van der Waals surface area contributed by atoms with Gasteiger partial charge in [0, 0.05) is 0 Å². The van der Waals surface area contributed by atoms with Crippen LogP contribution in [0.2, 0.25) is 0 Å². The third-order valence-electron chi connectivity index (χ3n) is 2.01. The van der Waals surface area contributed by atoms with E-state index in [9.17, 15) is 18.0 Å². The summed E-state index contributed by atoms with van der Waals surface area (Å²) in [5, 5.41) is 8.66. The molecule has 0 radical (unpaired) electrons. The number of ketones is 1. The molecule has 0 atom stereocenters. The topological polar surface area (TPSA) is 88.5 Å². The zero-order valence-electron chi connectivity index (χ0n) is 9.21. The second-order valence-corrected chi connectivity index (χ2v) is 5.80. The quantitative estimate of drug-likeness (QED) is 0.845. The Morgan fingerprint density at radius 2 is 1.71 bits per heavy atom. The first kappa shape index (κ1) is 13.4. The van der Waals surface area contributed by atoms with Crippen molar-refractivity contribution in [3.63, 3.8) is 0 Å². The summed E-state index contributed by atoms with van der Waals surface area (Å²) in [5.41, 5.74) is 0.564. The summed E-state index contributed by atoms with van der Waals surface area (Å²) < 4.78 is 23.0. The second-order valence-electron chi connectivity index (χ2n) is 3.74. The molecule has 0 aliphatic heterocycles. The van der Waals surface area contributed by atoms with E-state index in [4.69, 9.17) is 5.11 Å². The SMILES string of the molecule is CC(=O)CS(=O)(=O)Cc1ccc(C(=O)O)cc1. The number of aromatic carboxylic acids is 1. The van der Waals surface area contributed by atoms with Crippen LogP contribution in [0, 0.1) is 0 Å². The van der Waals surface area contributed by atoms with Gasteiger partial charge in [0.15, 0.2) is 9.84 Å². The summed E-state index contributed by atoms with van der Waals surface area (Å²) >= 11 is 0. The fraction of sp³-hybridized carbons (Fsp3) is 0.273. The first-order valence-electron chi connectivity index (χ1n) is 4.82. The number of carbonyl (C=O) groups excluding carboxylic acids is 1. The molecule has 0 unspecified atom stereocenters. The van der Waals surface area contributed by atoms with Crippen molar-refractivity contribution < 1.29 is 23.1 Å². The van der Waals surface area contributed by atoms with E-state index < -0.39 is 27.3 Å². The smallest absolute Gasteiger partial charge is 0.335 e. The Balaban J connectivity index is 2.82. The minimum Gasteiger partial charge on any atom is -0.478 e. The number of benzene rings is 1. The van der Waals surface area contributed by atoms with Crippen LogP contribution in [0.3, 0.4) is 0 Å². The van der Waals surface area contributed by atoms with Crippen molar-refractivity contribution in [2.24, 2.45) is 0 Å². The molecule has 92 valence electrons. The molecule has 0 saturated carbocycles. The highest BCUT2D eigenvalue weighted by Crippen LogP contribution is 2.09. The monoisotopic (exact) mass is 256 g/mol. The van der Waals surface area contributed by atoms with Gasteiger partial charge in [0.1, 0.15) is 11.5 Å². The van der Waals surface area contributed by atoms with E-state index in [2.05, 4.69) is 0 Å².